The molecule has 148 valence electrons. The summed E-state index contributed by atoms with van der Waals surface area (Å²) >= 11 is 12.2. The fraction of sp³-hybridized carbons (Fsp3) is 0.105. The molecule has 0 spiro atoms. The van der Waals surface area contributed by atoms with E-state index in [1.54, 1.807) is 18.2 Å². The highest BCUT2D eigenvalue weighted by molar-refractivity contribution is 6.33. The van der Waals surface area contributed by atoms with Gasteiger partial charge in [0.25, 0.3) is 5.89 Å². The summed E-state index contributed by atoms with van der Waals surface area (Å²) in [5, 5.41) is 4.29. The van der Waals surface area contributed by atoms with Crippen LogP contribution < -0.4 is 0 Å². The van der Waals surface area contributed by atoms with Crippen LogP contribution in [0.5, 0.6) is 0 Å². The van der Waals surface area contributed by atoms with Gasteiger partial charge < -0.3 is 8.92 Å². The topological polar surface area (TPSA) is 56.2 Å². The standard InChI is InChI=1S/C19H11Cl2F3N4O/c1-2-3-10-4-5-11(6-13(10)20)16-26-18(29-27-16)15-9-28-8-12(19(22,23)24)7-14(21)17(28)25-15/h2,4-9H,1,3H2. The second-order valence-electron chi connectivity index (χ2n) is 6.15. The third-order valence-corrected chi connectivity index (χ3v) is 4.78. The summed E-state index contributed by atoms with van der Waals surface area (Å²) in [6.07, 6.45) is 0.0720. The summed E-state index contributed by atoms with van der Waals surface area (Å²) in [7, 11) is 0. The number of pyridine rings is 1. The highest BCUT2D eigenvalue weighted by Gasteiger charge is 2.32. The van der Waals surface area contributed by atoms with Gasteiger partial charge in [0.15, 0.2) is 5.65 Å². The Bertz CT molecular complexity index is 1230. The second-order valence-corrected chi connectivity index (χ2v) is 6.97. The van der Waals surface area contributed by atoms with Crippen LogP contribution in [-0.2, 0) is 12.6 Å². The molecule has 0 saturated carbocycles. The highest BCUT2D eigenvalue weighted by Crippen LogP contribution is 2.33. The molecule has 4 rings (SSSR count). The number of alkyl halides is 3. The number of rotatable bonds is 4. The molecule has 29 heavy (non-hydrogen) atoms. The van der Waals surface area contributed by atoms with Gasteiger partial charge in [-0.25, -0.2) is 4.98 Å². The molecule has 0 N–H and O–H groups in total. The molecule has 0 unspecified atom stereocenters. The molecule has 0 saturated heterocycles. The van der Waals surface area contributed by atoms with E-state index in [2.05, 4.69) is 21.7 Å². The molecule has 0 aliphatic heterocycles. The number of hydrogen-bond donors (Lipinski definition) is 0. The smallest absolute Gasteiger partial charge is 0.332 e. The number of imidazole rings is 1. The third kappa shape index (κ3) is 3.73. The van der Waals surface area contributed by atoms with Gasteiger partial charge >= 0.3 is 6.18 Å². The van der Waals surface area contributed by atoms with E-state index in [1.165, 1.54) is 10.6 Å². The van der Waals surface area contributed by atoms with Gasteiger partial charge in [0, 0.05) is 23.0 Å². The minimum atomic E-state index is -4.53. The van der Waals surface area contributed by atoms with Crippen molar-refractivity contribution in [3.05, 3.63) is 70.5 Å². The Kier molecular flexibility index (Phi) is 4.84. The van der Waals surface area contributed by atoms with Gasteiger partial charge in [-0.2, -0.15) is 18.2 Å². The van der Waals surface area contributed by atoms with Crippen LogP contribution in [0.3, 0.4) is 0 Å². The number of fused-ring (bicyclic) bond motifs is 1. The van der Waals surface area contributed by atoms with E-state index in [9.17, 15) is 13.2 Å². The minimum Gasteiger partial charge on any atom is -0.332 e. The highest BCUT2D eigenvalue weighted by atomic mass is 35.5. The van der Waals surface area contributed by atoms with E-state index in [0.717, 1.165) is 17.8 Å². The maximum Gasteiger partial charge on any atom is 0.417 e. The number of benzene rings is 1. The van der Waals surface area contributed by atoms with Crippen molar-refractivity contribution in [3.8, 4) is 23.0 Å². The molecule has 3 heterocycles. The molecule has 0 aliphatic rings. The zero-order valence-corrected chi connectivity index (χ0v) is 16.1. The zero-order chi connectivity index (χ0) is 20.8. The van der Waals surface area contributed by atoms with Crippen molar-refractivity contribution in [2.75, 3.05) is 0 Å². The lowest BCUT2D eigenvalue weighted by Crippen LogP contribution is -2.06. The molecule has 5 nitrogen and oxygen atoms in total. The van der Waals surface area contributed by atoms with Crippen LogP contribution in [0, 0.1) is 0 Å². The van der Waals surface area contributed by atoms with Gasteiger partial charge in [0.05, 0.1) is 10.6 Å². The lowest BCUT2D eigenvalue weighted by molar-refractivity contribution is -0.137. The van der Waals surface area contributed by atoms with Crippen LogP contribution in [0.25, 0.3) is 28.6 Å². The molecule has 10 heteroatoms. The lowest BCUT2D eigenvalue weighted by Gasteiger charge is -2.07. The molecule has 0 aliphatic carbocycles. The van der Waals surface area contributed by atoms with Crippen LogP contribution in [-0.4, -0.2) is 19.5 Å². The van der Waals surface area contributed by atoms with E-state index in [1.807, 2.05) is 6.07 Å². The van der Waals surface area contributed by atoms with Crippen LogP contribution in [0.1, 0.15) is 11.1 Å². The van der Waals surface area contributed by atoms with Crippen molar-refractivity contribution in [2.24, 2.45) is 0 Å². The van der Waals surface area contributed by atoms with Gasteiger partial charge in [0.2, 0.25) is 5.82 Å². The quantitative estimate of drug-likeness (QED) is 0.361. The molecule has 0 bridgehead atoms. The predicted molar refractivity (Wildman–Crippen MR) is 103 cm³/mol. The minimum absolute atomic E-state index is 0.0413. The summed E-state index contributed by atoms with van der Waals surface area (Å²) in [5.41, 5.74) is 0.980. The van der Waals surface area contributed by atoms with Crippen molar-refractivity contribution in [2.45, 2.75) is 12.6 Å². The van der Waals surface area contributed by atoms with Crippen molar-refractivity contribution in [1.29, 1.82) is 0 Å². The Balaban J connectivity index is 1.71. The van der Waals surface area contributed by atoms with Gasteiger partial charge in [-0.1, -0.05) is 46.6 Å². The normalized spacial score (nSPS) is 11.9. The average Bonchev–Trinajstić information content (AvgIpc) is 3.29. The number of aromatic nitrogens is 4. The Hall–Kier alpha value is -2.84. The van der Waals surface area contributed by atoms with Crippen LogP contribution >= 0.6 is 23.2 Å². The Morgan fingerprint density at radius 2 is 1.90 bits per heavy atom. The molecule has 0 fully saturated rings. The Labute approximate surface area is 172 Å². The number of allylic oxidation sites excluding steroid dienone is 1. The summed E-state index contributed by atoms with van der Waals surface area (Å²) in [4.78, 5) is 8.46. The van der Waals surface area contributed by atoms with Gasteiger partial charge in [-0.3, -0.25) is 0 Å². The zero-order valence-electron chi connectivity index (χ0n) is 14.5. The summed E-state index contributed by atoms with van der Waals surface area (Å²) in [5.74, 6) is 0.311. The summed E-state index contributed by atoms with van der Waals surface area (Å²) < 4.78 is 45.3. The number of hydrogen-bond acceptors (Lipinski definition) is 4. The van der Waals surface area contributed by atoms with Crippen LogP contribution in [0.2, 0.25) is 10.0 Å². The first kappa shape index (κ1) is 19.5. The predicted octanol–water partition coefficient (Wildman–Crippen LogP) is 6.11. The monoisotopic (exact) mass is 438 g/mol. The van der Waals surface area contributed by atoms with E-state index >= 15 is 0 Å². The van der Waals surface area contributed by atoms with E-state index < -0.39 is 11.7 Å². The molecular weight excluding hydrogens is 428 g/mol. The molecule has 0 radical (unpaired) electrons. The molecule has 0 atom stereocenters. The van der Waals surface area contributed by atoms with Crippen LogP contribution in [0.4, 0.5) is 13.2 Å². The second kappa shape index (κ2) is 7.20. The van der Waals surface area contributed by atoms with E-state index in [-0.39, 0.29) is 28.1 Å². The first-order valence-electron chi connectivity index (χ1n) is 8.25. The van der Waals surface area contributed by atoms with Gasteiger partial charge in [0.1, 0.15) is 5.69 Å². The fourth-order valence-electron chi connectivity index (χ4n) is 2.77. The Morgan fingerprint density at radius 3 is 2.59 bits per heavy atom. The lowest BCUT2D eigenvalue weighted by atomic mass is 10.1. The molecule has 1 aromatic carbocycles. The summed E-state index contributed by atoms with van der Waals surface area (Å²) in [6, 6.07) is 6.14. The first-order chi connectivity index (χ1) is 13.8. The number of nitrogens with zero attached hydrogens (tertiary/aromatic N) is 4. The van der Waals surface area contributed by atoms with E-state index in [0.29, 0.717) is 17.0 Å². The SMILES string of the molecule is C=CCc1ccc(-c2noc(-c3cn4cc(C(F)(F)F)cc(Cl)c4n3)n2)cc1Cl. The maximum absolute atomic E-state index is 13.0. The van der Waals surface area contributed by atoms with Crippen molar-refractivity contribution < 1.29 is 17.7 Å². The molecule has 0 amide bonds. The molecular formula is C19H11Cl2F3N4O. The van der Waals surface area contributed by atoms with E-state index in [4.69, 9.17) is 27.7 Å². The largest absolute Gasteiger partial charge is 0.417 e. The molecule has 3 aromatic heterocycles. The molecule has 4 aromatic rings. The number of halogens is 5. The van der Waals surface area contributed by atoms with Crippen molar-refractivity contribution in [1.82, 2.24) is 19.5 Å². The van der Waals surface area contributed by atoms with Crippen LogP contribution in [0.15, 0.2) is 53.8 Å². The Morgan fingerprint density at radius 1 is 1.10 bits per heavy atom. The first-order valence-corrected chi connectivity index (χ1v) is 9.01. The van der Waals surface area contributed by atoms with Gasteiger partial charge in [-0.15, -0.1) is 6.58 Å². The van der Waals surface area contributed by atoms with Crippen molar-refractivity contribution in [3.63, 3.8) is 0 Å². The van der Waals surface area contributed by atoms with Gasteiger partial charge in [-0.05, 0) is 24.1 Å². The maximum atomic E-state index is 13.0. The summed E-state index contributed by atoms with van der Waals surface area (Å²) in [6.45, 7) is 3.68. The average molecular weight is 439 g/mol. The third-order valence-electron chi connectivity index (χ3n) is 4.15. The van der Waals surface area contributed by atoms with Crippen molar-refractivity contribution >= 4 is 28.8 Å². The fourth-order valence-corrected chi connectivity index (χ4v) is 3.28.